The van der Waals surface area contributed by atoms with Crippen LogP contribution < -0.4 is 5.32 Å². The fourth-order valence-corrected chi connectivity index (χ4v) is 2.31. The third-order valence-corrected chi connectivity index (χ3v) is 3.12. The molecule has 2 aliphatic heterocycles. The summed E-state index contributed by atoms with van der Waals surface area (Å²) in [5, 5.41) is 3.26. The summed E-state index contributed by atoms with van der Waals surface area (Å²) in [4.78, 5) is 14.1. The minimum atomic E-state index is 0.0651. The van der Waals surface area contributed by atoms with Crippen molar-refractivity contribution in [2.45, 2.75) is 38.3 Å². The molecule has 2 fully saturated rings. The van der Waals surface area contributed by atoms with Crippen LogP contribution in [0.3, 0.4) is 0 Å². The van der Waals surface area contributed by atoms with Crippen molar-refractivity contribution in [3.05, 3.63) is 0 Å². The first-order chi connectivity index (χ1) is 7.27. The van der Waals surface area contributed by atoms with Crippen LogP contribution in [0.15, 0.2) is 0 Å². The molecule has 0 bridgehead atoms. The van der Waals surface area contributed by atoms with Crippen molar-refractivity contribution >= 4 is 5.91 Å². The molecular formula is C11H20N2O2. The summed E-state index contributed by atoms with van der Waals surface area (Å²) in [6.07, 6.45) is 3.25. The van der Waals surface area contributed by atoms with Gasteiger partial charge in [0.1, 0.15) is 0 Å². The Kier molecular flexibility index (Phi) is 3.59. The van der Waals surface area contributed by atoms with E-state index in [1.807, 2.05) is 11.8 Å². The maximum Gasteiger partial charge on any atom is 0.239 e. The lowest BCUT2D eigenvalue weighted by atomic mass is 10.2. The third-order valence-electron chi connectivity index (χ3n) is 3.12. The molecule has 4 heteroatoms. The second-order valence-electron chi connectivity index (χ2n) is 4.47. The topological polar surface area (TPSA) is 41.6 Å². The monoisotopic (exact) mass is 212 g/mol. The summed E-state index contributed by atoms with van der Waals surface area (Å²) in [5.41, 5.74) is 0. The van der Waals surface area contributed by atoms with E-state index in [2.05, 4.69) is 5.32 Å². The smallest absolute Gasteiger partial charge is 0.239 e. The van der Waals surface area contributed by atoms with Crippen molar-refractivity contribution in [3.8, 4) is 0 Å². The number of amides is 1. The second kappa shape index (κ2) is 4.94. The van der Waals surface area contributed by atoms with Crippen LogP contribution >= 0.6 is 0 Å². The Morgan fingerprint density at radius 2 is 2.33 bits per heavy atom. The SMILES string of the molecule is CC1CN(C(=O)C2CCCN2)CCCO1. The lowest BCUT2D eigenvalue weighted by molar-refractivity contribution is -0.133. The van der Waals surface area contributed by atoms with Crippen molar-refractivity contribution in [3.63, 3.8) is 0 Å². The zero-order valence-electron chi connectivity index (χ0n) is 9.37. The molecule has 0 saturated carbocycles. The molecule has 2 heterocycles. The van der Waals surface area contributed by atoms with Gasteiger partial charge in [0, 0.05) is 19.7 Å². The molecule has 0 aromatic rings. The maximum absolute atomic E-state index is 12.1. The molecule has 2 rings (SSSR count). The molecule has 15 heavy (non-hydrogen) atoms. The summed E-state index contributed by atoms with van der Waals surface area (Å²) in [7, 11) is 0. The summed E-state index contributed by atoms with van der Waals surface area (Å²) in [6, 6.07) is 0.0651. The normalized spacial score (nSPS) is 32.7. The summed E-state index contributed by atoms with van der Waals surface area (Å²) < 4.78 is 5.53. The van der Waals surface area contributed by atoms with Gasteiger partial charge in [0.05, 0.1) is 12.1 Å². The molecule has 0 aromatic carbocycles. The van der Waals surface area contributed by atoms with Gasteiger partial charge in [0.25, 0.3) is 0 Å². The Morgan fingerprint density at radius 3 is 3.07 bits per heavy atom. The Labute approximate surface area is 91.0 Å². The molecule has 86 valence electrons. The van der Waals surface area contributed by atoms with Gasteiger partial charge in [0.2, 0.25) is 5.91 Å². The number of nitrogens with zero attached hydrogens (tertiary/aromatic N) is 1. The van der Waals surface area contributed by atoms with E-state index >= 15 is 0 Å². The number of nitrogens with one attached hydrogen (secondary N) is 1. The van der Waals surface area contributed by atoms with Crippen molar-refractivity contribution in [2.24, 2.45) is 0 Å². The number of rotatable bonds is 1. The van der Waals surface area contributed by atoms with Gasteiger partial charge in [-0.2, -0.15) is 0 Å². The molecule has 2 unspecified atom stereocenters. The summed E-state index contributed by atoms with van der Waals surface area (Å²) >= 11 is 0. The third kappa shape index (κ3) is 2.69. The van der Waals surface area contributed by atoms with E-state index in [-0.39, 0.29) is 18.1 Å². The molecule has 0 radical (unpaired) electrons. The Balaban J connectivity index is 1.92. The van der Waals surface area contributed by atoms with E-state index in [9.17, 15) is 4.79 Å². The minimum Gasteiger partial charge on any atom is -0.377 e. The van der Waals surface area contributed by atoms with Crippen LogP contribution in [0.2, 0.25) is 0 Å². The van der Waals surface area contributed by atoms with Gasteiger partial charge >= 0.3 is 0 Å². The quantitative estimate of drug-likeness (QED) is 0.683. The van der Waals surface area contributed by atoms with Crippen LogP contribution in [-0.4, -0.2) is 49.2 Å². The molecular weight excluding hydrogens is 192 g/mol. The van der Waals surface area contributed by atoms with Crippen LogP contribution in [0.1, 0.15) is 26.2 Å². The van der Waals surface area contributed by atoms with Crippen LogP contribution in [-0.2, 0) is 9.53 Å². The van der Waals surface area contributed by atoms with Gasteiger partial charge in [0.15, 0.2) is 0 Å². The van der Waals surface area contributed by atoms with Crippen molar-refractivity contribution in [1.29, 1.82) is 0 Å². The predicted octanol–water partition coefficient (Wildman–Crippen LogP) is 0.376. The van der Waals surface area contributed by atoms with E-state index in [4.69, 9.17) is 4.74 Å². The molecule has 1 amide bonds. The fourth-order valence-electron chi connectivity index (χ4n) is 2.31. The molecule has 2 atom stereocenters. The molecule has 4 nitrogen and oxygen atoms in total. The summed E-state index contributed by atoms with van der Waals surface area (Å²) in [6.45, 7) is 5.39. The Bertz CT molecular complexity index is 227. The molecule has 0 spiro atoms. The molecule has 0 aliphatic carbocycles. The molecule has 2 saturated heterocycles. The zero-order valence-corrected chi connectivity index (χ0v) is 9.37. The van der Waals surface area contributed by atoms with Gasteiger partial charge in [-0.15, -0.1) is 0 Å². The number of carbonyl (C=O) groups excluding carboxylic acids is 1. The molecule has 0 aromatic heterocycles. The van der Waals surface area contributed by atoms with E-state index in [0.717, 1.165) is 45.5 Å². The van der Waals surface area contributed by atoms with Crippen molar-refractivity contribution < 1.29 is 9.53 Å². The van der Waals surface area contributed by atoms with Gasteiger partial charge in [-0.3, -0.25) is 4.79 Å². The lowest BCUT2D eigenvalue weighted by Gasteiger charge is -2.25. The average Bonchev–Trinajstić information content (AvgIpc) is 2.67. The first kappa shape index (κ1) is 10.9. The highest BCUT2D eigenvalue weighted by molar-refractivity contribution is 5.82. The minimum absolute atomic E-state index is 0.0651. The highest BCUT2D eigenvalue weighted by Crippen LogP contribution is 2.12. The van der Waals surface area contributed by atoms with Crippen LogP contribution in [0, 0.1) is 0 Å². The van der Waals surface area contributed by atoms with Gasteiger partial charge in [-0.05, 0) is 32.7 Å². The first-order valence-electron chi connectivity index (χ1n) is 5.91. The number of hydrogen-bond acceptors (Lipinski definition) is 3. The van der Waals surface area contributed by atoms with Crippen molar-refractivity contribution in [1.82, 2.24) is 10.2 Å². The Morgan fingerprint density at radius 1 is 1.47 bits per heavy atom. The zero-order chi connectivity index (χ0) is 10.7. The largest absolute Gasteiger partial charge is 0.377 e. The lowest BCUT2D eigenvalue weighted by Crippen LogP contribution is -2.45. The van der Waals surface area contributed by atoms with E-state index in [1.54, 1.807) is 0 Å². The predicted molar refractivity (Wildman–Crippen MR) is 57.6 cm³/mol. The number of carbonyl (C=O) groups is 1. The standard InChI is InChI=1S/C11H20N2O2/c1-9-8-13(6-3-7-15-9)11(14)10-4-2-5-12-10/h9-10,12H,2-8H2,1H3. The number of ether oxygens (including phenoxy) is 1. The highest BCUT2D eigenvalue weighted by Gasteiger charge is 2.28. The van der Waals surface area contributed by atoms with Crippen molar-refractivity contribution in [2.75, 3.05) is 26.2 Å². The maximum atomic E-state index is 12.1. The van der Waals surface area contributed by atoms with Gasteiger partial charge in [-0.25, -0.2) is 0 Å². The first-order valence-corrected chi connectivity index (χ1v) is 5.91. The second-order valence-corrected chi connectivity index (χ2v) is 4.47. The highest BCUT2D eigenvalue weighted by atomic mass is 16.5. The van der Waals surface area contributed by atoms with Gasteiger partial charge < -0.3 is 15.0 Å². The van der Waals surface area contributed by atoms with Gasteiger partial charge in [-0.1, -0.05) is 0 Å². The molecule has 2 aliphatic rings. The van der Waals surface area contributed by atoms with Crippen LogP contribution in [0.25, 0.3) is 0 Å². The fraction of sp³-hybridized carbons (Fsp3) is 0.909. The average molecular weight is 212 g/mol. The number of hydrogen-bond donors (Lipinski definition) is 1. The van der Waals surface area contributed by atoms with E-state index in [0.29, 0.717) is 0 Å². The van der Waals surface area contributed by atoms with Crippen LogP contribution in [0.5, 0.6) is 0 Å². The summed E-state index contributed by atoms with van der Waals surface area (Å²) in [5.74, 6) is 0.268. The van der Waals surface area contributed by atoms with Crippen LogP contribution in [0.4, 0.5) is 0 Å². The van der Waals surface area contributed by atoms with E-state index in [1.165, 1.54) is 0 Å². The van der Waals surface area contributed by atoms with E-state index < -0.39 is 0 Å². The Hall–Kier alpha value is -0.610. The molecule has 1 N–H and O–H groups in total.